The van der Waals surface area contributed by atoms with Crippen LogP contribution in [-0.2, 0) is 11.3 Å². The van der Waals surface area contributed by atoms with Crippen molar-refractivity contribution in [2.75, 3.05) is 31.1 Å². The molecule has 2 aliphatic rings. The first kappa shape index (κ1) is 21.3. The van der Waals surface area contributed by atoms with Crippen LogP contribution in [0.3, 0.4) is 0 Å². The average molecular weight is 440 g/mol. The maximum atomic E-state index is 13.9. The molecule has 3 aromatic rings. The van der Waals surface area contributed by atoms with Crippen LogP contribution >= 0.6 is 0 Å². The highest BCUT2D eigenvalue weighted by Crippen LogP contribution is 2.33. The van der Waals surface area contributed by atoms with Gasteiger partial charge in [-0.15, -0.1) is 0 Å². The van der Waals surface area contributed by atoms with E-state index in [0.717, 1.165) is 24.2 Å². The number of rotatable bonds is 4. The summed E-state index contributed by atoms with van der Waals surface area (Å²) in [6, 6.07) is 23.3. The first-order valence-electron chi connectivity index (χ1n) is 11.6. The highest BCUT2D eigenvalue weighted by Gasteiger charge is 2.39. The lowest BCUT2D eigenvalue weighted by Crippen LogP contribution is -2.52. The Labute approximate surface area is 195 Å². The number of hydrogen-bond acceptors (Lipinski definition) is 3. The van der Waals surface area contributed by atoms with Crippen molar-refractivity contribution >= 4 is 17.5 Å². The molecular formula is C28H29N3O2. The lowest BCUT2D eigenvalue weighted by atomic mass is 10.0. The SMILES string of the molecule is Cc1ccc(C)c(N2CCN(C(=O)[C@H](c3ccccc3)N3Cc4ccccc4C3=O)CC2)c1. The molecule has 5 rings (SSSR count). The minimum Gasteiger partial charge on any atom is -0.368 e. The molecule has 0 radical (unpaired) electrons. The molecule has 0 bridgehead atoms. The lowest BCUT2D eigenvalue weighted by molar-refractivity contribution is -0.136. The second-order valence-corrected chi connectivity index (χ2v) is 9.01. The molecule has 2 amide bonds. The van der Waals surface area contributed by atoms with Crippen LogP contribution in [0, 0.1) is 13.8 Å². The predicted octanol–water partition coefficient (Wildman–Crippen LogP) is 4.35. The first-order chi connectivity index (χ1) is 16.0. The van der Waals surface area contributed by atoms with Crippen molar-refractivity contribution in [3.63, 3.8) is 0 Å². The van der Waals surface area contributed by atoms with Crippen molar-refractivity contribution in [1.29, 1.82) is 0 Å². The van der Waals surface area contributed by atoms with Crippen molar-refractivity contribution in [3.8, 4) is 0 Å². The number of fused-ring (bicyclic) bond motifs is 1. The number of anilines is 1. The molecule has 1 atom stereocenters. The van der Waals surface area contributed by atoms with Crippen molar-refractivity contribution in [2.24, 2.45) is 0 Å². The summed E-state index contributed by atoms with van der Waals surface area (Å²) in [5, 5.41) is 0. The highest BCUT2D eigenvalue weighted by molar-refractivity contribution is 6.01. The van der Waals surface area contributed by atoms with Gasteiger partial charge in [-0.1, -0.05) is 60.7 Å². The molecule has 0 aliphatic carbocycles. The summed E-state index contributed by atoms with van der Waals surface area (Å²) in [7, 11) is 0. The van der Waals surface area contributed by atoms with Gasteiger partial charge in [-0.2, -0.15) is 0 Å². The normalized spacial score (nSPS) is 16.7. The number of carbonyl (C=O) groups is 2. The number of hydrogen-bond donors (Lipinski definition) is 0. The van der Waals surface area contributed by atoms with E-state index in [-0.39, 0.29) is 11.8 Å². The molecule has 168 valence electrons. The van der Waals surface area contributed by atoms with Crippen LogP contribution in [0.1, 0.15) is 38.7 Å². The Morgan fingerprint density at radius 1 is 0.848 bits per heavy atom. The smallest absolute Gasteiger partial charge is 0.255 e. The molecule has 0 unspecified atom stereocenters. The third-order valence-corrected chi connectivity index (χ3v) is 6.81. The van der Waals surface area contributed by atoms with Gasteiger partial charge in [-0.25, -0.2) is 0 Å². The number of benzene rings is 3. The van der Waals surface area contributed by atoms with Crippen LogP contribution in [0.2, 0.25) is 0 Å². The van der Waals surface area contributed by atoms with Crippen molar-refractivity contribution in [2.45, 2.75) is 26.4 Å². The van der Waals surface area contributed by atoms with Crippen molar-refractivity contribution in [1.82, 2.24) is 9.80 Å². The molecule has 1 saturated heterocycles. The maximum Gasteiger partial charge on any atom is 0.255 e. The van der Waals surface area contributed by atoms with E-state index in [1.54, 1.807) is 4.90 Å². The van der Waals surface area contributed by atoms with E-state index in [2.05, 4.69) is 36.9 Å². The number of amides is 2. The lowest BCUT2D eigenvalue weighted by Gasteiger charge is -2.39. The quantitative estimate of drug-likeness (QED) is 0.607. The van der Waals surface area contributed by atoms with E-state index >= 15 is 0 Å². The van der Waals surface area contributed by atoms with E-state index in [1.165, 1.54) is 16.8 Å². The predicted molar refractivity (Wildman–Crippen MR) is 130 cm³/mol. The van der Waals surface area contributed by atoms with E-state index in [0.29, 0.717) is 25.2 Å². The van der Waals surface area contributed by atoms with Gasteiger partial charge >= 0.3 is 0 Å². The molecule has 2 heterocycles. The van der Waals surface area contributed by atoms with Crippen molar-refractivity contribution in [3.05, 3.63) is 101 Å². The van der Waals surface area contributed by atoms with E-state index in [9.17, 15) is 9.59 Å². The largest absolute Gasteiger partial charge is 0.368 e. The number of nitrogens with zero attached hydrogens (tertiary/aromatic N) is 3. The van der Waals surface area contributed by atoms with Crippen LogP contribution in [0.25, 0.3) is 0 Å². The van der Waals surface area contributed by atoms with Gasteiger partial charge in [0.15, 0.2) is 0 Å². The minimum absolute atomic E-state index is 0.00275. The molecule has 0 saturated carbocycles. The zero-order valence-corrected chi connectivity index (χ0v) is 19.2. The van der Waals surface area contributed by atoms with Crippen LogP contribution < -0.4 is 4.90 Å². The van der Waals surface area contributed by atoms with Crippen molar-refractivity contribution < 1.29 is 9.59 Å². The van der Waals surface area contributed by atoms with Gasteiger partial charge in [0.2, 0.25) is 5.91 Å². The van der Waals surface area contributed by atoms with E-state index in [1.807, 2.05) is 59.5 Å². The molecule has 0 spiro atoms. The maximum absolute atomic E-state index is 13.9. The molecule has 0 N–H and O–H groups in total. The fourth-order valence-corrected chi connectivity index (χ4v) is 4.98. The van der Waals surface area contributed by atoms with E-state index in [4.69, 9.17) is 0 Å². The summed E-state index contributed by atoms with van der Waals surface area (Å²) in [4.78, 5) is 33.1. The molecule has 33 heavy (non-hydrogen) atoms. The molecule has 5 heteroatoms. The fourth-order valence-electron chi connectivity index (χ4n) is 4.98. The third kappa shape index (κ3) is 3.99. The van der Waals surface area contributed by atoms with Crippen LogP contribution in [0.5, 0.6) is 0 Å². The Morgan fingerprint density at radius 3 is 2.27 bits per heavy atom. The van der Waals surface area contributed by atoms with Gasteiger partial charge in [0, 0.05) is 44.0 Å². The Hall–Kier alpha value is -3.60. The fraction of sp³-hybridized carbons (Fsp3) is 0.286. The standard InChI is InChI=1S/C28H29N3O2/c1-20-12-13-21(2)25(18-20)29-14-16-30(17-15-29)28(33)26(22-8-4-3-5-9-22)31-19-23-10-6-7-11-24(23)27(31)32/h3-13,18,26H,14-17,19H2,1-2H3/t26-/m0/s1. The summed E-state index contributed by atoms with van der Waals surface area (Å²) in [6.45, 7) is 7.56. The molecule has 3 aromatic carbocycles. The Bertz CT molecular complexity index is 1180. The average Bonchev–Trinajstić information content (AvgIpc) is 3.18. The Balaban J connectivity index is 1.38. The second kappa shape index (κ2) is 8.74. The van der Waals surface area contributed by atoms with Crippen LogP contribution in [0.15, 0.2) is 72.8 Å². The third-order valence-electron chi connectivity index (χ3n) is 6.81. The minimum atomic E-state index is -0.613. The van der Waals surface area contributed by atoms with Crippen LogP contribution in [-0.4, -0.2) is 47.8 Å². The number of piperazine rings is 1. The summed E-state index contributed by atoms with van der Waals surface area (Å²) >= 11 is 0. The number of aryl methyl sites for hydroxylation is 2. The molecule has 2 aliphatic heterocycles. The monoisotopic (exact) mass is 439 g/mol. The summed E-state index contributed by atoms with van der Waals surface area (Å²) in [5.74, 6) is -0.0650. The van der Waals surface area contributed by atoms with Gasteiger partial charge in [-0.3, -0.25) is 9.59 Å². The van der Waals surface area contributed by atoms with Gasteiger partial charge in [-0.05, 0) is 48.2 Å². The second-order valence-electron chi connectivity index (χ2n) is 9.01. The van der Waals surface area contributed by atoms with E-state index < -0.39 is 6.04 Å². The molecule has 0 aromatic heterocycles. The van der Waals surface area contributed by atoms with Crippen LogP contribution in [0.4, 0.5) is 5.69 Å². The summed E-state index contributed by atoms with van der Waals surface area (Å²) in [6.07, 6.45) is 0. The highest BCUT2D eigenvalue weighted by atomic mass is 16.2. The molecular weight excluding hydrogens is 410 g/mol. The first-order valence-corrected chi connectivity index (χ1v) is 11.6. The summed E-state index contributed by atoms with van der Waals surface area (Å²) in [5.41, 5.74) is 6.28. The zero-order valence-electron chi connectivity index (χ0n) is 19.2. The van der Waals surface area contributed by atoms with Gasteiger partial charge in [0.05, 0.1) is 0 Å². The summed E-state index contributed by atoms with van der Waals surface area (Å²) < 4.78 is 0. The molecule has 1 fully saturated rings. The van der Waals surface area contributed by atoms with Gasteiger partial charge < -0.3 is 14.7 Å². The number of carbonyl (C=O) groups excluding carboxylic acids is 2. The Kier molecular flexibility index (Phi) is 5.63. The Morgan fingerprint density at radius 2 is 1.55 bits per heavy atom. The topological polar surface area (TPSA) is 43.9 Å². The molecule has 5 nitrogen and oxygen atoms in total. The van der Waals surface area contributed by atoms with Gasteiger partial charge in [0.25, 0.3) is 5.91 Å². The van der Waals surface area contributed by atoms with Gasteiger partial charge in [0.1, 0.15) is 6.04 Å². The zero-order chi connectivity index (χ0) is 22.9.